The average Bonchev–Trinajstić information content (AvgIpc) is 2.59. The number of hydrogen-bond donors (Lipinski definition) is 3. The van der Waals surface area contributed by atoms with Crippen molar-refractivity contribution in [3.63, 3.8) is 0 Å². The van der Waals surface area contributed by atoms with E-state index in [2.05, 4.69) is 27.9 Å². The number of unbranched alkanes of at least 4 members (excludes halogenated alkanes) is 1. The van der Waals surface area contributed by atoms with Gasteiger partial charge < -0.3 is 25.4 Å². The Morgan fingerprint density at radius 2 is 1.63 bits per heavy atom. The maximum absolute atomic E-state index is 11.5. The van der Waals surface area contributed by atoms with Gasteiger partial charge in [0.25, 0.3) is 0 Å². The van der Waals surface area contributed by atoms with E-state index in [1.165, 1.54) is 5.56 Å². The van der Waals surface area contributed by atoms with Crippen molar-refractivity contribution in [3.8, 4) is 5.75 Å². The number of nitrogens with zero attached hydrogens (tertiary/aromatic N) is 1. The van der Waals surface area contributed by atoms with Crippen LogP contribution in [0.15, 0.2) is 29.3 Å². The Labute approximate surface area is 162 Å². The van der Waals surface area contributed by atoms with Crippen LogP contribution in [0, 0.1) is 6.92 Å². The first-order valence-corrected chi connectivity index (χ1v) is 9.41. The number of benzene rings is 1. The summed E-state index contributed by atoms with van der Waals surface area (Å²) in [6.45, 7) is 10.1. The lowest BCUT2D eigenvalue weighted by molar-refractivity contribution is 0.0529. The van der Waals surface area contributed by atoms with Crippen molar-refractivity contribution in [2.75, 3.05) is 33.3 Å². The fourth-order valence-corrected chi connectivity index (χ4v) is 2.14. The lowest BCUT2D eigenvalue weighted by atomic mass is 10.2. The smallest absolute Gasteiger partial charge is 0.407 e. The van der Waals surface area contributed by atoms with E-state index in [-0.39, 0.29) is 0 Å². The molecule has 0 aliphatic carbocycles. The molecule has 0 aromatic heterocycles. The highest BCUT2D eigenvalue weighted by Crippen LogP contribution is 2.11. The SMILES string of the molecule is CN=C(NCCCCOc1ccc(C)cc1)NCCNC(=O)OC(C)(C)C. The molecule has 0 fully saturated rings. The van der Waals surface area contributed by atoms with Gasteiger partial charge in [-0.2, -0.15) is 0 Å². The molecule has 7 heteroatoms. The largest absolute Gasteiger partial charge is 0.494 e. The van der Waals surface area contributed by atoms with Crippen LogP contribution in [0.4, 0.5) is 4.79 Å². The normalized spacial score (nSPS) is 11.7. The summed E-state index contributed by atoms with van der Waals surface area (Å²) >= 11 is 0. The Hall–Kier alpha value is -2.44. The van der Waals surface area contributed by atoms with Gasteiger partial charge in [0.05, 0.1) is 6.61 Å². The molecule has 0 saturated heterocycles. The molecule has 3 N–H and O–H groups in total. The monoisotopic (exact) mass is 378 g/mol. The molecule has 0 radical (unpaired) electrons. The van der Waals surface area contributed by atoms with Crippen LogP contribution >= 0.6 is 0 Å². The summed E-state index contributed by atoms with van der Waals surface area (Å²) in [5, 5.41) is 9.09. The van der Waals surface area contributed by atoms with E-state index in [9.17, 15) is 4.79 Å². The third-order valence-electron chi connectivity index (χ3n) is 3.46. The number of hydrogen-bond acceptors (Lipinski definition) is 4. The second kappa shape index (κ2) is 12.0. The Balaban J connectivity index is 2.06. The van der Waals surface area contributed by atoms with Crippen molar-refractivity contribution < 1.29 is 14.3 Å². The van der Waals surface area contributed by atoms with E-state index in [0.717, 1.165) is 25.1 Å². The maximum Gasteiger partial charge on any atom is 0.407 e. The molecule has 1 amide bonds. The third kappa shape index (κ3) is 11.7. The predicted molar refractivity (Wildman–Crippen MR) is 110 cm³/mol. The maximum atomic E-state index is 11.5. The summed E-state index contributed by atoms with van der Waals surface area (Å²) < 4.78 is 10.9. The number of carbonyl (C=O) groups is 1. The van der Waals surface area contributed by atoms with Gasteiger partial charge in [0, 0.05) is 26.7 Å². The highest BCUT2D eigenvalue weighted by molar-refractivity contribution is 5.79. The fourth-order valence-electron chi connectivity index (χ4n) is 2.14. The Bertz CT molecular complexity index is 580. The molecule has 152 valence electrons. The summed E-state index contributed by atoms with van der Waals surface area (Å²) in [5.41, 5.74) is 0.741. The van der Waals surface area contributed by atoms with Crippen LogP contribution < -0.4 is 20.7 Å². The van der Waals surface area contributed by atoms with Crippen molar-refractivity contribution >= 4 is 12.1 Å². The summed E-state index contributed by atoms with van der Waals surface area (Å²) in [6, 6.07) is 8.07. The lowest BCUT2D eigenvalue weighted by Crippen LogP contribution is -2.42. The number of guanidine groups is 1. The molecule has 0 spiro atoms. The lowest BCUT2D eigenvalue weighted by Gasteiger charge is -2.19. The zero-order valence-electron chi connectivity index (χ0n) is 17.2. The quantitative estimate of drug-likeness (QED) is 0.350. The Morgan fingerprint density at radius 1 is 1.00 bits per heavy atom. The van der Waals surface area contributed by atoms with Gasteiger partial charge >= 0.3 is 6.09 Å². The van der Waals surface area contributed by atoms with Crippen molar-refractivity contribution in [2.45, 2.75) is 46.1 Å². The molecular weight excluding hydrogens is 344 g/mol. The van der Waals surface area contributed by atoms with Gasteiger partial charge in [-0.25, -0.2) is 4.79 Å². The molecule has 1 rings (SSSR count). The van der Waals surface area contributed by atoms with Crippen LogP contribution in [0.3, 0.4) is 0 Å². The van der Waals surface area contributed by atoms with Crippen LogP contribution in [-0.2, 0) is 4.74 Å². The summed E-state index contributed by atoms with van der Waals surface area (Å²) in [4.78, 5) is 15.7. The highest BCUT2D eigenvalue weighted by atomic mass is 16.6. The van der Waals surface area contributed by atoms with Gasteiger partial charge in [0.1, 0.15) is 11.4 Å². The van der Waals surface area contributed by atoms with E-state index in [1.807, 2.05) is 45.0 Å². The van der Waals surface area contributed by atoms with Crippen LogP contribution in [0.2, 0.25) is 0 Å². The zero-order valence-corrected chi connectivity index (χ0v) is 17.2. The second-order valence-corrected chi connectivity index (χ2v) is 7.22. The third-order valence-corrected chi connectivity index (χ3v) is 3.46. The number of nitrogens with one attached hydrogen (secondary N) is 3. The standard InChI is InChI=1S/C20H34N4O3/c1-16-8-10-17(11-9-16)26-15-7-6-12-22-18(21-5)23-13-14-24-19(25)27-20(2,3)4/h8-11H,6-7,12-15H2,1-5H3,(H,24,25)(H2,21,22,23). The highest BCUT2D eigenvalue weighted by Gasteiger charge is 2.15. The number of ether oxygens (including phenoxy) is 2. The van der Waals surface area contributed by atoms with Crippen molar-refractivity contribution in [3.05, 3.63) is 29.8 Å². The Morgan fingerprint density at radius 3 is 2.26 bits per heavy atom. The molecule has 0 unspecified atom stereocenters. The van der Waals surface area contributed by atoms with Gasteiger partial charge in [0.2, 0.25) is 0 Å². The molecule has 0 aliphatic rings. The molecule has 1 aromatic carbocycles. The number of amides is 1. The van der Waals surface area contributed by atoms with Gasteiger partial charge in [-0.15, -0.1) is 0 Å². The molecule has 27 heavy (non-hydrogen) atoms. The first-order chi connectivity index (χ1) is 12.8. The predicted octanol–water partition coefficient (Wildman–Crippen LogP) is 2.84. The minimum absolute atomic E-state index is 0.416. The molecule has 1 aromatic rings. The molecule has 0 heterocycles. The van der Waals surface area contributed by atoms with Crippen LogP contribution in [-0.4, -0.2) is 50.9 Å². The second-order valence-electron chi connectivity index (χ2n) is 7.22. The van der Waals surface area contributed by atoms with Crippen molar-refractivity contribution in [2.24, 2.45) is 4.99 Å². The van der Waals surface area contributed by atoms with E-state index in [1.54, 1.807) is 7.05 Å². The van der Waals surface area contributed by atoms with Gasteiger partial charge in [0.15, 0.2) is 5.96 Å². The van der Waals surface area contributed by atoms with E-state index >= 15 is 0 Å². The number of alkyl carbamates (subject to hydrolysis) is 1. The van der Waals surface area contributed by atoms with Gasteiger partial charge in [-0.1, -0.05) is 17.7 Å². The van der Waals surface area contributed by atoms with Gasteiger partial charge in [-0.05, 0) is 52.7 Å². The average molecular weight is 379 g/mol. The minimum Gasteiger partial charge on any atom is -0.494 e. The summed E-state index contributed by atoms with van der Waals surface area (Å²) in [7, 11) is 1.72. The topological polar surface area (TPSA) is 84.0 Å². The number of aryl methyl sites for hydroxylation is 1. The van der Waals surface area contributed by atoms with E-state index in [0.29, 0.717) is 25.7 Å². The fraction of sp³-hybridized carbons (Fsp3) is 0.600. The molecule has 7 nitrogen and oxygen atoms in total. The van der Waals surface area contributed by atoms with Crippen LogP contribution in [0.1, 0.15) is 39.2 Å². The van der Waals surface area contributed by atoms with Gasteiger partial charge in [-0.3, -0.25) is 4.99 Å². The summed E-state index contributed by atoms with van der Waals surface area (Å²) in [5.74, 6) is 1.61. The molecule has 0 saturated carbocycles. The van der Waals surface area contributed by atoms with Crippen molar-refractivity contribution in [1.29, 1.82) is 0 Å². The number of aliphatic imine (C=N–C) groups is 1. The van der Waals surface area contributed by atoms with E-state index in [4.69, 9.17) is 9.47 Å². The number of rotatable bonds is 9. The molecule has 0 aliphatic heterocycles. The first-order valence-electron chi connectivity index (χ1n) is 9.41. The Kier molecular flexibility index (Phi) is 10.1. The van der Waals surface area contributed by atoms with Crippen molar-refractivity contribution in [1.82, 2.24) is 16.0 Å². The molecule has 0 bridgehead atoms. The molecule has 0 atom stereocenters. The zero-order chi connectivity index (χ0) is 20.1. The first kappa shape index (κ1) is 22.6. The van der Waals surface area contributed by atoms with Crippen LogP contribution in [0.25, 0.3) is 0 Å². The minimum atomic E-state index is -0.488. The van der Waals surface area contributed by atoms with E-state index < -0.39 is 11.7 Å². The summed E-state index contributed by atoms with van der Waals surface area (Å²) in [6.07, 6.45) is 1.52. The van der Waals surface area contributed by atoms with Crippen LogP contribution in [0.5, 0.6) is 5.75 Å². The number of carbonyl (C=O) groups excluding carboxylic acids is 1. The molecular formula is C20H34N4O3.